The minimum atomic E-state index is -0.732. The molecule has 1 saturated heterocycles. The Morgan fingerprint density at radius 3 is 2.60 bits per heavy atom. The Labute approximate surface area is 248 Å². The van der Waals surface area contributed by atoms with Crippen molar-refractivity contribution in [1.29, 1.82) is 0 Å². The van der Waals surface area contributed by atoms with Crippen LogP contribution in [0.1, 0.15) is 79.4 Å². The molecule has 0 bridgehead atoms. The summed E-state index contributed by atoms with van der Waals surface area (Å²) >= 11 is 0. The lowest BCUT2D eigenvalue weighted by Crippen LogP contribution is -2.27. The van der Waals surface area contributed by atoms with Gasteiger partial charge in [-0.2, -0.15) is 0 Å². The largest absolute Gasteiger partial charge is 0.485 e. The van der Waals surface area contributed by atoms with E-state index < -0.39 is 11.9 Å². The number of pyridine rings is 1. The molecule has 2 aliphatic heterocycles. The molecule has 7 heteroatoms. The fraction of sp³-hybridized carbons (Fsp3) is 0.486. The first-order valence-electron chi connectivity index (χ1n) is 15.4. The number of carboxylic acids is 1. The highest BCUT2D eigenvalue weighted by Gasteiger charge is 2.39. The van der Waals surface area contributed by atoms with E-state index >= 15 is 0 Å². The van der Waals surface area contributed by atoms with E-state index in [0.717, 1.165) is 78.9 Å². The van der Waals surface area contributed by atoms with Gasteiger partial charge in [-0.1, -0.05) is 31.2 Å². The highest BCUT2D eigenvalue weighted by atomic mass is 16.5. The lowest BCUT2D eigenvalue weighted by atomic mass is 9.82. The molecule has 2 aromatic carbocycles. The molecule has 0 amide bonds. The normalized spacial score (nSPS) is 20.8. The van der Waals surface area contributed by atoms with Crippen molar-refractivity contribution in [3.8, 4) is 22.8 Å². The molecule has 3 heterocycles. The Bertz CT molecular complexity index is 1410. The number of hydrogen-bond donors (Lipinski definition) is 1. The summed E-state index contributed by atoms with van der Waals surface area (Å²) < 4.78 is 18.3. The van der Waals surface area contributed by atoms with Crippen LogP contribution in [0.5, 0.6) is 11.6 Å². The summed E-state index contributed by atoms with van der Waals surface area (Å²) in [6.07, 6.45) is 8.07. The fourth-order valence-corrected chi connectivity index (χ4v) is 6.91. The summed E-state index contributed by atoms with van der Waals surface area (Å²) in [5.74, 6) is 0.783. The van der Waals surface area contributed by atoms with Crippen molar-refractivity contribution in [2.45, 2.75) is 63.6 Å². The Kier molecular flexibility index (Phi) is 8.50. The Morgan fingerprint density at radius 2 is 1.88 bits per heavy atom. The van der Waals surface area contributed by atoms with Crippen molar-refractivity contribution in [1.82, 2.24) is 9.88 Å². The minimum Gasteiger partial charge on any atom is -0.485 e. The lowest BCUT2D eigenvalue weighted by molar-refractivity contribution is -0.142. The number of hydrogen-bond acceptors (Lipinski definition) is 6. The summed E-state index contributed by atoms with van der Waals surface area (Å²) in [6.45, 7) is 4.89. The summed E-state index contributed by atoms with van der Waals surface area (Å²) in [6, 6.07) is 17.0. The molecule has 2 fully saturated rings. The third-order valence-electron chi connectivity index (χ3n) is 9.44. The summed E-state index contributed by atoms with van der Waals surface area (Å²) in [5, 5.41) is 9.78. The third kappa shape index (κ3) is 6.04. The first-order chi connectivity index (χ1) is 20.4. The van der Waals surface area contributed by atoms with Gasteiger partial charge < -0.3 is 24.2 Å². The van der Waals surface area contributed by atoms with Crippen LogP contribution in [0.25, 0.3) is 11.1 Å². The summed E-state index contributed by atoms with van der Waals surface area (Å²) in [5.41, 5.74) is 6.70. The average molecular weight is 571 g/mol. The van der Waals surface area contributed by atoms with E-state index in [4.69, 9.17) is 14.2 Å². The summed E-state index contributed by atoms with van der Waals surface area (Å²) in [7, 11) is 3.44. The van der Waals surface area contributed by atoms with Gasteiger partial charge in [-0.15, -0.1) is 0 Å². The second-order valence-corrected chi connectivity index (χ2v) is 12.2. The van der Waals surface area contributed by atoms with Gasteiger partial charge in [0.2, 0.25) is 5.88 Å². The fourth-order valence-electron chi connectivity index (χ4n) is 6.91. The molecule has 4 atom stereocenters. The van der Waals surface area contributed by atoms with Crippen LogP contribution in [-0.2, 0) is 16.0 Å². The molecule has 1 saturated carbocycles. The number of likely N-dealkylation sites (tertiary alicyclic amines) is 1. The smallest absolute Gasteiger partial charge is 0.306 e. The minimum absolute atomic E-state index is 0.0214. The van der Waals surface area contributed by atoms with E-state index in [9.17, 15) is 9.90 Å². The van der Waals surface area contributed by atoms with E-state index in [2.05, 4.69) is 46.3 Å². The second-order valence-electron chi connectivity index (χ2n) is 12.2. The lowest BCUT2D eigenvalue weighted by Gasteiger charge is -2.30. The maximum absolute atomic E-state index is 11.9. The number of methoxy groups -OCH3 is 2. The van der Waals surface area contributed by atoms with Crippen LogP contribution < -0.4 is 9.47 Å². The number of fused-ring (bicyclic) bond motifs is 1. The predicted molar refractivity (Wildman–Crippen MR) is 162 cm³/mol. The van der Waals surface area contributed by atoms with E-state index in [1.807, 2.05) is 19.1 Å². The number of carbonyl (C=O) groups is 1. The van der Waals surface area contributed by atoms with Gasteiger partial charge in [0.1, 0.15) is 11.9 Å². The highest BCUT2D eigenvalue weighted by molar-refractivity contribution is 5.71. The Balaban J connectivity index is 1.32. The number of nitrogens with zero attached hydrogens (tertiary/aromatic N) is 2. The Morgan fingerprint density at radius 1 is 1.07 bits per heavy atom. The van der Waals surface area contributed by atoms with E-state index in [-0.39, 0.29) is 18.1 Å². The number of aryl methyl sites for hydroxylation is 1. The third-order valence-corrected chi connectivity index (χ3v) is 9.44. The molecule has 222 valence electrons. The molecule has 3 aliphatic rings. The van der Waals surface area contributed by atoms with Crippen LogP contribution in [0.15, 0.2) is 54.7 Å². The quantitative estimate of drug-likeness (QED) is 0.271. The van der Waals surface area contributed by atoms with Gasteiger partial charge in [-0.25, -0.2) is 4.98 Å². The van der Waals surface area contributed by atoms with Crippen LogP contribution in [0.4, 0.5) is 0 Å². The molecule has 0 spiro atoms. The molecule has 1 aromatic heterocycles. The van der Waals surface area contributed by atoms with Crippen LogP contribution in [0.2, 0.25) is 0 Å². The maximum atomic E-state index is 11.9. The number of ether oxygens (including phenoxy) is 3. The van der Waals surface area contributed by atoms with Crippen molar-refractivity contribution in [2.24, 2.45) is 11.8 Å². The van der Waals surface area contributed by atoms with E-state index in [1.165, 1.54) is 18.4 Å². The van der Waals surface area contributed by atoms with Gasteiger partial charge in [-0.3, -0.25) is 4.79 Å². The highest BCUT2D eigenvalue weighted by Crippen LogP contribution is 2.48. The molecule has 1 N–H and O–H groups in total. The Hall–Kier alpha value is -3.42. The molecular weight excluding hydrogens is 528 g/mol. The van der Waals surface area contributed by atoms with Gasteiger partial charge in [0, 0.05) is 25.9 Å². The maximum Gasteiger partial charge on any atom is 0.306 e. The van der Waals surface area contributed by atoms with Crippen LogP contribution >= 0.6 is 0 Å². The zero-order chi connectivity index (χ0) is 29.2. The number of benzene rings is 2. The molecule has 0 radical (unpaired) electrons. The number of aliphatic carboxylic acids is 1. The topological polar surface area (TPSA) is 81.1 Å². The van der Waals surface area contributed by atoms with E-state index in [1.54, 1.807) is 20.4 Å². The van der Waals surface area contributed by atoms with E-state index in [0.29, 0.717) is 11.8 Å². The molecule has 3 aromatic rings. The number of carboxylic acid groups (broad SMARTS) is 1. The van der Waals surface area contributed by atoms with Crippen molar-refractivity contribution >= 4 is 5.97 Å². The van der Waals surface area contributed by atoms with Gasteiger partial charge >= 0.3 is 5.97 Å². The average Bonchev–Trinajstić information content (AvgIpc) is 3.72. The van der Waals surface area contributed by atoms with Crippen molar-refractivity contribution < 1.29 is 24.1 Å². The number of aromatic nitrogens is 1. The van der Waals surface area contributed by atoms with Gasteiger partial charge in [0.15, 0.2) is 0 Å². The van der Waals surface area contributed by atoms with Crippen molar-refractivity contribution in [2.75, 3.05) is 33.9 Å². The van der Waals surface area contributed by atoms with Crippen LogP contribution in [-0.4, -0.2) is 54.8 Å². The first kappa shape index (κ1) is 28.7. The molecular formula is C35H42N2O5. The molecule has 2 unspecified atom stereocenters. The SMILES string of the molecule is COc1cc(-c2ccc(C3CCc4ccc([C@H](C5CC5)[C@H](C)C(=O)O)cc4O3)cc2C(CN2CCCC2)OC)ccn1. The van der Waals surface area contributed by atoms with Crippen molar-refractivity contribution in [3.63, 3.8) is 0 Å². The van der Waals surface area contributed by atoms with Gasteiger partial charge in [-0.05, 0) is 115 Å². The van der Waals surface area contributed by atoms with Crippen LogP contribution in [0.3, 0.4) is 0 Å². The monoisotopic (exact) mass is 570 g/mol. The molecule has 7 nitrogen and oxygen atoms in total. The molecule has 42 heavy (non-hydrogen) atoms. The first-order valence-corrected chi connectivity index (χ1v) is 15.4. The second kappa shape index (κ2) is 12.4. The standard InChI is InChI=1S/C35H42N2O5/c1-22(35(38)39)34(24-7-8-24)27-9-6-23-11-13-30(42-31(23)19-27)26-10-12-28(25-14-15-36-33(20-25)41-3)29(18-26)32(40-2)21-37-16-4-5-17-37/h6,9-10,12,14-15,18-20,22,24,30,32,34H,4-5,7-8,11,13,16-17,21H2,1-3H3,(H,38,39)/t22-,30?,32?,34-/m0/s1. The predicted octanol–water partition coefficient (Wildman–Crippen LogP) is 6.82. The number of rotatable bonds is 11. The van der Waals surface area contributed by atoms with Crippen LogP contribution in [0, 0.1) is 11.8 Å². The zero-order valence-electron chi connectivity index (χ0n) is 24.9. The zero-order valence-corrected chi connectivity index (χ0v) is 24.9. The van der Waals surface area contributed by atoms with Gasteiger partial charge in [0.05, 0.1) is 19.1 Å². The van der Waals surface area contributed by atoms with Crippen molar-refractivity contribution in [3.05, 3.63) is 77.0 Å². The molecule has 1 aliphatic carbocycles. The van der Waals surface area contributed by atoms with Gasteiger partial charge in [0.25, 0.3) is 0 Å². The summed E-state index contributed by atoms with van der Waals surface area (Å²) in [4.78, 5) is 18.7. The molecule has 6 rings (SSSR count).